The zero-order valence-electron chi connectivity index (χ0n) is 16.7. The maximum Gasteiger partial charge on any atom is 0.280 e. The van der Waals surface area contributed by atoms with E-state index in [9.17, 15) is 4.79 Å². The van der Waals surface area contributed by atoms with Crippen molar-refractivity contribution >= 4 is 45.0 Å². The SMILES string of the molecule is CCc1ccc2nc(N(CCN3CCOCC3)C(=O)c3ccn(C)n3)sc2c1.Cl. The van der Waals surface area contributed by atoms with Gasteiger partial charge in [0.1, 0.15) is 0 Å². The molecule has 0 N–H and O–H groups in total. The van der Waals surface area contributed by atoms with Crippen LogP contribution in [0.4, 0.5) is 5.13 Å². The summed E-state index contributed by atoms with van der Waals surface area (Å²) < 4.78 is 8.19. The molecule has 0 unspecified atom stereocenters. The predicted octanol–water partition coefficient (Wildman–Crippen LogP) is 2.99. The third-order valence-electron chi connectivity index (χ3n) is 5.00. The number of carbonyl (C=O) groups is 1. The number of hydrogen-bond acceptors (Lipinski definition) is 6. The van der Waals surface area contributed by atoms with Gasteiger partial charge in [0.05, 0.1) is 23.4 Å². The molecule has 1 aliphatic heterocycles. The first kappa shape index (κ1) is 21.7. The van der Waals surface area contributed by atoms with Crippen LogP contribution in [0.25, 0.3) is 10.2 Å². The van der Waals surface area contributed by atoms with Gasteiger partial charge >= 0.3 is 0 Å². The van der Waals surface area contributed by atoms with Crippen molar-refractivity contribution in [3.63, 3.8) is 0 Å². The summed E-state index contributed by atoms with van der Waals surface area (Å²) in [5, 5.41) is 5.03. The Morgan fingerprint density at radius 1 is 1.28 bits per heavy atom. The number of rotatable bonds is 6. The van der Waals surface area contributed by atoms with E-state index in [1.54, 1.807) is 33.2 Å². The average Bonchev–Trinajstić information content (AvgIpc) is 3.34. The molecule has 1 aliphatic rings. The molecule has 0 spiro atoms. The lowest BCUT2D eigenvalue weighted by atomic mass is 10.2. The normalized spacial score (nSPS) is 14.7. The Morgan fingerprint density at radius 3 is 2.76 bits per heavy atom. The highest BCUT2D eigenvalue weighted by Crippen LogP contribution is 2.30. The van der Waals surface area contributed by atoms with Crippen LogP contribution in [-0.2, 0) is 18.2 Å². The first-order chi connectivity index (χ1) is 13.6. The van der Waals surface area contributed by atoms with Gasteiger partial charge in [0.25, 0.3) is 5.91 Å². The number of thiazole rings is 1. The number of amides is 1. The van der Waals surface area contributed by atoms with Gasteiger partial charge in [-0.15, -0.1) is 12.4 Å². The molecule has 0 bridgehead atoms. The average molecular weight is 436 g/mol. The predicted molar refractivity (Wildman–Crippen MR) is 118 cm³/mol. The van der Waals surface area contributed by atoms with Crippen molar-refractivity contribution in [3.05, 3.63) is 41.7 Å². The van der Waals surface area contributed by atoms with Gasteiger partial charge in [0.2, 0.25) is 0 Å². The highest BCUT2D eigenvalue weighted by atomic mass is 35.5. The largest absolute Gasteiger partial charge is 0.379 e. The molecule has 1 aromatic carbocycles. The Hall–Kier alpha value is -2.00. The zero-order chi connectivity index (χ0) is 19.5. The minimum atomic E-state index is -0.108. The lowest BCUT2D eigenvalue weighted by molar-refractivity contribution is 0.0391. The highest BCUT2D eigenvalue weighted by molar-refractivity contribution is 7.22. The Morgan fingerprint density at radius 2 is 2.07 bits per heavy atom. The van der Waals surface area contributed by atoms with E-state index in [0.29, 0.717) is 12.2 Å². The number of nitrogens with zero attached hydrogens (tertiary/aromatic N) is 5. The van der Waals surface area contributed by atoms with Crippen LogP contribution in [0.15, 0.2) is 30.5 Å². The number of hydrogen-bond donors (Lipinski definition) is 0. The van der Waals surface area contributed by atoms with Crippen molar-refractivity contribution in [3.8, 4) is 0 Å². The van der Waals surface area contributed by atoms with E-state index >= 15 is 0 Å². The fourth-order valence-corrected chi connectivity index (χ4v) is 4.36. The van der Waals surface area contributed by atoms with Gasteiger partial charge in [-0.2, -0.15) is 5.10 Å². The van der Waals surface area contributed by atoms with Crippen LogP contribution >= 0.6 is 23.7 Å². The van der Waals surface area contributed by atoms with E-state index in [-0.39, 0.29) is 18.3 Å². The number of benzene rings is 1. The third kappa shape index (κ3) is 4.95. The summed E-state index contributed by atoms with van der Waals surface area (Å²) >= 11 is 1.57. The van der Waals surface area contributed by atoms with Gasteiger partial charge in [-0.05, 0) is 30.2 Å². The van der Waals surface area contributed by atoms with Crippen molar-refractivity contribution in [1.82, 2.24) is 19.7 Å². The molecule has 0 atom stereocenters. The molecule has 1 saturated heterocycles. The van der Waals surface area contributed by atoms with Gasteiger partial charge in [0, 0.05) is 39.4 Å². The molecular formula is C20H26ClN5O2S. The lowest BCUT2D eigenvalue weighted by Crippen LogP contribution is -2.43. The van der Waals surface area contributed by atoms with Crippen molar-refractivity contribution in [2.45, 2.75) is 13.3 Å². The summed E-state index contributed by atoms with van der Waals surface area (Å²) in [6.45, 7) is 6.79. The molecule has 0 saturated carbocycles. The molecule has 2 aromatic heterocycles. The maximum absolute atomic E-state index is 13.2. The molecule has 29 heavy (non-hydrogen) atoms. The quantitative estimate of drug-likeness (QED) is 0.595. The summed E-state index contributed by atoms with van der Waals surface area (Å²) in [7, 11) is 1.82. The molecular weight excluding hydrogens is 410 g/mol. The number of anilines is 1. The number of carbonyl (C=O) groups excluding carboxylic acids is 1. The molecule has 9 heteroatoms. The molecule has 0 radical (unpaired) electrons. The van der Waals surface area contributed by atoms with Crippen molar-refractivity contribution in [2.75, 3.05) is 44.3 Å². The lowest BCUT2D eigenvalue weighted by Gasteiger charge is -2.29. The van der Waals surface area contributed by atoms with E-state index in [1.807, 2.05) is 13.1 Å². The van der Waals surface area contributed by atoms with Gasteiger partial charge < -0.3 is 4.74 Å². The van der Waals surface area contributed by atoms with Crippen LogP contribution in [0.1, 0.15) is 23.0 Å². The van der Waals surface area contributed by atoms with Crippen molar-refractivity contribution in [1.29, 1.82) is 0 Å². The number of morpholine rings is 1. The van der Waals surface area contributed by atoms with Crippen LogP contribution in [0.3, 0.4) is 0 Å². The molecule has 0 aliphatic carbocycles. The molecule has 1 amide bonds. The Bertz CT molecular complexity index is 967. The molecule has 3 aromatic rings. The monoisotopic (exact) mass is 435 g/mol. The fraction of sp³-hybridized carbons (Fsp3) is 0.450. The molecule has 1 fully saturated rings. The van der Waals surface area contributed by atoms with E-state index in [2.05, 4.69) is 29.1 Å². The Balaban J connectivity index is 0.00000240. The fourth-order valence-electron chi connectivity index (χ4n) is 3.31. The molecule has 4 rings (SSSR count). The minimum absolute atomic E-state index is 0. The molecule has 156 valence electrons. The van der Waals surface area contributed by atoms with Crippen LogP contribution in [0.2, 0.25) is 0 Å². The first-order valence-electron chi connectivity index (χ1n) is 9.65. The van der Waals surface area contributed by atoms with Crippen LogP contribution in [0.5, 0.6) is 0 Å². The molecule has 3 heterocycles. The molecule has 7 nitrogen and oxygen atoms in total. The summed E-state index contributed by atoms with van der Waals surface area (Å²) in [5.41, 5.74) is 2.65. The topological polar surface area (TPSA) is 63.5 Å². The number of fused-ring (bicyclic) bond motifs is 1. The van der Waals surface area contributed by atoms with Crippen molar-refractivity contribution in [2.24, 2.45) is 7.05 Å². The van der Waals surface area contributed by atoms with Crippen molar-refractivity contribution < 1.29 is 9.53 Å². The maximum atomic E-state index is 13.2. The number of halogens is 1. The van der Waals surface area contributed by atoms with Gasteiger partial charge in [-0.1, -0.05) is 24.3 Å². The number of ether oxygens (including phenoxy) is 1. The smallest absolute Gasteiger partial charge is 0.280 e. The Labute approximate surface area is 180 Å². The standard InChI is InChI=1S/C20H25N5O2S.ClH/c1-3-15-4-5-16-18(14-15)28-20(21-16)25(9-8-24-10-12-27-13-11-24)19(26)17-6-7-23(2)22-17;/h4-7,14H,3,8-13H2,1-2H3;1H. The van der Waals surface area contributed by atoms with Crippen LogP contribution in [0, 0.1) is 0 Å². The summed E-state index contributed by atoms with van der Waals surface area (Å²) in [6, 6.07) is 8.07. The second kappa shape index (κ2) is 9.67. The zero-order valence-corrected chi connectivity index (χ0v) is 18.3. The Kier molecular flexibility index (Phi) is 7.23. The van der Waals surface area contributed by atoms with Crippen LogP contribution < -0.4 is 4.90 Å². The second-order valence-electron chi connectivity index (χ2n) is 6.94. The first-order valence-corrected chi connectivity index (χ1v) is 10.5. The van der Waals surface area contributed by atoms with Gasteiger partial charge in [0.15, 0.2) is 10.8 Å². The summed E-state index contributed by atoms with van der Waals surface area (Å²) in [4.78, 5) is 22.1. The summed E-state index contributed by atoms with van der Waals surface area (Å²) in [6.07, 6.45) is 2.77. The summed E-state index contributed by atoms with van der Waals surface area (Å²) in [5.74, 6) is -0.108. The van der Waals surface area contributed by atoms with Gasteiger partial charge in [-0.3, -0.25) is 19.3 Å². The van der Waals surface area contributed by atoms with Crippen LogP contribution in [-0.4, -0.2) is 65.0 Å². The second-order valence-corrected chi connectivity index (χ2v) is 7.95. The van der Waals surface area contributed by atoms with E-state index in [1.165, 1.54) is 5.56 Å². The van der Waals surface area contributed by atoms with E-state index in [0.717, 1.165) is 54.6 Å². The van der Waals surface area contributed by atoms with E-state index < -0.39 is 0 Å². The number of aromatic nitrogens is 3. The minimum Gasteiger partial charge on any atom is -0.379 e. The third-order valence-corrected chi connectivity index (χ3v) is 6.04. The number of aryl methyl sites for hydroxylation is 2. The van der Waals surface area contributed by atoms with Gasteiger partial charge in [-0.25, -0.2) is 4.98 Å². The highest BCUT2D eigenvalue weighted by Gasteiger charge is 2.24. The van der Waals surface area contributed by atoms with E-state index in [4.69, 9.17) is 9.72 Å².